The summed E-state index contributed by atoms with van der Waals surface area (Å²) in [5.41, 5.74) is 3.97. The van der Waals surface area contributed by atoms with Crippen molar-refractivity contribution in [2.75, 3.05) is 0 Å². The minimum atomic E-state index is -0.176. The summed E-state index contributed by atoms with van der Waals surface area (Å²) in [6.07, 6.45) is 5.97. The molecule has 1 fully saturated rings. The Morgan fingerprint density at radius 2 is 2.07 bits per heavy atom. The maximum Gasteiger partial charge on any atom is 0.273 e. The topological polar surface area (TPSA) is 73.0 Å². The molecule has 0 aliphatic heterocycles. The Morgan fingerprint density at radius 1 is 1.28 bits per heavy atom. The SMILES string of the molecule is CC1(C)Cc2c(cnn2Cc2ccccc2)[C@H](NC(=O)c2cc(C3CC3)on2)C1. The van der Waals surface area contributed by atoms with Gasteiger partial charge >= 0.3 is 0 Å². The van der Waals surface area contributed by atoms with Gasteiger partial charge in [0.2, 0.25) is 0 Å². The molecule has 2 aromatic heterocycles. The van der Waals surface area contributed by atoms with Crippen molar-refractivity contribution < 1.29 is 9.32 Å². The highest BCUT2D eigenvalue weighted by Crippen LogP contribution is 2.42. The van der Waals surface area contributed by atoms with Gasteiger partial charge < -0.3 is 9.84 Å². The molecule has 1 amide bonds. The quantitative estimate of drug-likeness (QED) is 0.707. The predicted molar refractivity (Wildman–Crippen MR) is 109 cm³/mol. The zero-order chi connectivity index (χ0) is 20.0. The number of carbonyl (C=O) groups excluding carboxylic acids is 1. The van der Waals surface area contributed by atoms with E-state index in [2.05, 4.69) is 46.2 Å². The minimum absolute atomic E-state index is 0.0718. The fourth-order valence-electron chi connectivity index (χ4n) is 4.31. The van der Waals surface area contributed by atoms with Gasteiger partial charge in [-0.05, 0) is 36.7 Å². The van der Waals surface area contributed by atoms with Gasteiger partial charge in [0.05, 0.1) is 18.8 Å². The molecule has 150 valence electrons. The molecule has 1 N–H and O–H groups in total. The number of nitrogens with zero attached hydrogens (tertiary/aromatic N) is 3. The Hall–Kier alpha value is -2.89. The van der Waals surface area contributed by atoms with Crippen molar-refractivity contribution in [1.82, 2.24) is 20.3 Å². The lowest BCUT2D eigenvalue weighted by atomic mass is 9.74. The molecule has 6 heteroatoms. The Balaban J connectivity index is 1.39. The summed E-state index contributed by atoms with van der Waals surface area (Å²) in [5.74, 6) is 1.10. The van der Waals surface area contributed by atoms with Gasteiger partial charge in [0.25, 0.3) is 5.91 Å². The Bertz CT molecular complexity index is 1030. The summed E-state index contributed by atoms with van der Waals surface area (Å²) in [6, 6.07) is 12.1. The molecule has 6 nitrogen and oxygen atoms in total. The van der Waals surface area contributed by atoms with Gasteiger partial charge in [-0.25, -0.2) is 0 Å². The number of rotatable bonds is 5. The van der Waals surface area contributed by atoms with E-state index in [-0.39, 0.29) is 17.4 Å². The van der Waals surface area contributed by atoms with Crippen LogP contribution in [0.5, 0.6) is 0 Å². The molecular weight excluding hydrogens is 364 g/mol. The highest BCUT2D eigenvalue weighted by atomic mass is 16.5. The van der Waals surface area contributed by atoms with Crippen molar-refractivity contribution in [3.05, 3.63) is 70.9 Å². The molecule has 1 saturated carbocycles. The second-order valence-electron chi connectivity index (χ2n) is 9.15. The van der Waals surface area contributed by atoms with Crippen molar-refractivity contribution in [2.24, 2.45) is 5.41 Å². The van der Waals surface area contributed by atoms with Gasteiger partial charge in [0.15, 0.2) is 5.69 Å². The number of hydrogen-bond acceptors (Lipinski definition) is 4. The fourth-order valence-corrected chi connectivity index (χ4v) is 4.31. The standard InChI is InChI=1S/C23H26N4O2/c1-23(2)11-19(25-22(28)18-10-21(29-26-18)16-8-9-16)17-13-24-27(20(17)12-23)14-15-6-4-3-5-7-15/h3-7,10,13,16,19H,8-9,11-12,14H2,1-2H3,(H,25,28)/t19-/m1/s1. The predicted octanol–water partition coefficient (Wildman–Crippen LogP) is 4.24. The van der Waals surface area contributed by atoms with Crippen LogP contribution in [-0.4, -0.2) is 20.8 Å². The molecule has 0 radical (unpaired) electrons. The van der Waals surface area contributed by atoms with Crippen LogP contribution in [0.2, 0.25) is 0 Å². The maximum absolute atomic E-state index is 12.8. The average molecular weight is 390 g/mol. The van der Waals surface area contributed by atoms with Crippen LogP contribution in [-0.2, 0) is 13.0 Å². The normalized spacial score (nSPS) is 20.3. The number of hydrogen-bond donors (Lipinski definition) is 1. The number of carbonyl (C=O) groups is 1. The van der Waals surface area contributed by atoms with Gasteiger partial charge in [-0.1, -0.05) is 49.3 Å². The third kappa shape index (κ3) is 3.71. The molecule has 2 heterocycles. The first-order chi connectivity index (χ1) is 14.0. The molecule has 2 aliphatic carbocycles. The smallest absolute Gasteiger partial charge is 0.273 e. The summed E-state index contributed by atoms with van der Waals surface area (Å²) in [4.78, 5) is 12.8. The fraction of sp³-hybridized carbons (Fsp3) is 0.435. The van der Waals surface area contributed by atoms with Crippen LogP contribution in [0.15, 0.2) is 47.1 Å². The summed E-state index contributed by atoms with van der Waals surface area (Å²) in [5, 5.41) is 11.8. The second kappa shape index (κ2) is 6.87. The van der Waals surface area contributed by atoms with E-state index in [1.807, 2.05) is 24.4 Å². The van der Waals surface area contributed by atoms with E-state index in [0.29, 0.717) is 11.6 Å². The number of benzene rings is 1. The van der Waals surface area contributed by atoms with Crippen molar-refractivity contribution in [3.63, 3.8) is 0 Å². The first-order valence-electron chi connectivity index (χ1n) is 10.3. The van der Waals surface area contributed by atoms with E-state index in [9.17, 15) is 4.79 Å². The van der Waals surface area contributed by atoms with Crippen LogP contribution < -0.4 is 5.32 Å². The first-order valence-corrected chi connectivity index (χ1v) is 10.3. The molecule has 0 unspecified atom stereocenters. The largest absolute Gasteiger partial charge is 0.360 e. The third-order valence-corrected chi connectivity index (χ3v) is 5.98. The molecule has 0 bridgehead atoms. The van der Waals surface area contributed by atoms with Gasteiger partial charge in [-0.3, -0.25) is 9.48 Å². The van der Waals surface area contributed by atoms with E-state index in [1.54, 1.807) is 6.07 Å². The lowest BCUT2D eigenvalue weighted by molar-refractivity contribution is 0.0909. The van der Waals surface area contributed by atoms with Crippen molar-refractivity contribution in [3.8, 4) is 0 Å². The Kier molecular flexibility index (Phi) is 4.30. The number of amides is 1. The van der Waals surface area contributed by atoms with Crippen LogP contribution in [0.1, 0.15) is 78.1 Å². The molecule has 29 heavy (non-hydrogen) atoms. The molecule has 0 spiro atoms. The molecule has 3 aromatic rings. The van der Waals surface area contributed by atoms with Crippen molar-refractivity contribution >= 4 is 5.91 Å². The molecule has 5 rings (SSSR count). The van der Waals surface area contributed by atoms with Gasteiger partial charge in [-0.2, -0.15) is 5.10 Å². The Labute approximate surface area is 170 Å². The highest BCUT2D eigenvalue weighted by molar-refractivity contribution is 5.92. The first kappa shape index (κ1) is 18.2. The van der Waals surface area contributed by atoms with E-state index >= 15 is 0 Å². The zero-order valence-electron chi connectivity index (χ0n) is 16.9. The number of nitrogens with one attached hydrogen (secondary N) is 1. The maximum atomic E-state index is 12.8. The number of fused-ring (bicyclic) bond motifs is 1. The van der Waals surface area contributed by atoms with E-state index in [0.717, 1.165) is 43.6 Å². The van der Waals surface area contributed by atoms with Crippen LogP contribution in [0.25, 0.3) is 0 Å². The molecular formula is C23H26N4O2. The van der Waals surface area contributed by atoms with E-state index in [1.165, 1.54) is 11.3 Å². The molecule has 1 aromatic carbocycles. The summed E-state index contributed by atoms with van der Waals surface area (Å²) < 4.78 is 7.43. The lowest BCUT2D eigenvalue weighted by Gasteiger charge is -2.35. The lowest BCUT2D eigenvalue weighted by Crippen LogP contribution is -2.37. The third-order valence-electron chi connectivity index (χ3n) is 5.98. The van der Waals surface area contributed by atoms with Crippen LogP contribution in [0.4, 0.5) is 0 Å². The van der Waals surface area contributed by atoms with Crippen LogP contribution >= 0.6 is 0 Å². The number of aromatic nitrogens is 3. The zero-order valence-corrected chi connectivity index (χ0v) is 16.9. The minimum Gasteiger partial charge on any atom is -0.360 e. The Morgan fingerprint density at radius 3 is 2.83 bits per heavy atom. The van der Waals surface area contributed by atoms with Crippen LogP contribution in [0, 0.1) is 5.41 Å². The van der Waals surface area contributed by atoms with E-state index in [4.69, 9.17) is 4.52 Å². The van der Waals surface area contributed by atoms with Crippen molar-refractivity contribution in [2.45, 2.75) is 58.0 Å². The van der Waals surface area contributed by atoms with Crippen molar-refractivity contribution in [1.29, 1.82) is 0 Å². The van der Waals surface area contributed by atoms with Crippen LogP contribution in [0.3, 0.4) is 0 Å². The molecule has 0 saturated heterocycles. The van der Waals surface area contributed by atoms with E-state index < -0.39 is 0 Å². The second-order valence-corrected chi connectivity index (χ2v) is 9.15. The van der Waals surface area contributed by atoms with Gasteiger partial charge in [0.1, 0.15) is 5.76 Å². The molecule has 1 atom stereocenters. The highest BCUT2D eigenvalue weighted by Gasteiger charge is 2.36. The van der Waals surface area contributed by atoms with Gasteiger partial charge in [0, 0.05) is 23.2 Å². The summed E-state index contributed by atoms with van der Waals surface area (Å²) >= 11 is 0. The average Bonchev–Trinajstić information content (AvgIpc) is 3.29. The molecule has 2 aliphatic rings. The summed E-state index contributed by atoms with van der Waals surface area (Å²) in [6.45, 7) is 5.23. The summed E-state index contributed by atoms with van der Waals surface area (Å²) in [7, 11) is 0. The monoisotopic (exact) mass is 390 g/mol. The van der Waals surface area contributed by atoms with Gasteiger partial charge in [-0.15, -0.1) is 0 Å².